The van der Waals surface area contributed by atoms with E-state index in [2.05, 4.69) is 19.1 Å². The molecule has 0 aromatic heterocycles. The normalized spacial score (nSPS) is 14.2. The lowest BCUT2D eigenvalue weighted by Gasteiger charge is -2.40. The molecule has 1 atom stereocenters. The molecule has 0 radical (unpaired) electrons. The molecular weight excluding hydrogens is 413 g/mol. The Morgan fingerprint density at radius 1 is 0.594 bits per heavy atom. The van der Waals surface area contributed by atoms with Crippen LogP contribution >= 0.6 is 7.68 Å². The van der Waals surface area contributed by atoms with E-state index in [1.165, 1.54) is 109 Å². The first-order valence-electron chi connectivity index (χ1n) is 13.9. The number of quaternary nitrogens is 1. The molecule has 190 valence electrons. The summed E-state index contributed by atoms with van der Waals surface area (Å²) < 4.78 is 24.4. The first-order chi connectivity index (χ1) is 15.3. The monoisotopic (exact) mass is 470 g/mol. The molecule has 0 spiro atoms. The Morgan fingerprint density at radius 3 is 1.31 bits per heavy atom. The van der Waals surface area contributed by atoms with Crippen molar-refractivity contribution in [3.8, 4) is 0 Å². The molecule has 0 bridgehead atoms. The molecular formula is C28H57NO2P+. The van der Waals surface area contributed by atoms with Gasteiger partial charge in [0.15, 0.2) is 0 Å². The molecule has 0 rings (SSSR count). The fourth-order valence-corrected chi connectivity index (χ4v) is 5.91. The maximum atomic E-state index is 12.0. The van der Waals surface area contributed by atoms with Gasteiger partial charge in [0, 0.05) is 12.8 Å². The second kappa shape index (κ2) is 20.0. The number of allylic oxidation sites excluding steroid dienone is 2. The van der Waals surface area contributed by atoms with Gasteiger partial charge in [-0.2, -0.15) is 0 Å². The number of hydrogen-bond donors (Lipinski definition) is 0. The minimum Gasteiger partial charge on any atom is -0.314 e. The Kier molecular flexibility index (Phi) is 19.8. The highest BCUT2D eigenvalue weighted by molar-refractivity contribution is 7.32. The summed E-state index contributed by atoms with van der Waals surface area (Å²) in [5, 5.41) is -0.596. The predicted molar refractivity (Wildman–Crippen MR) is 142 cm³/mol. The number of rotatable bonds is 23. The van der Waals surface area contributed by atoms with E-state index in [1.54, 1.807) is 0 Å². The summed E-state index contributed by atoms with van der Waals surface area (Å²) in [7, 11) is 3.64. The fourth-order valence-electron chi connectivity index (χ4n) is 4.82. The molecule has 0 aromatic carbocycles. The van der Waals surface area contributed by atoms with Crippen molar-refractivity contribution in [3.05, 3.63) is 12.2 Å². The molecule has 0 amide bonds. The molecule has 0 aliphatic heterocycles. The maximum Gasteiger partial charge on any atom is 0.378 e. The van der Waals surface area contributed by atoms with Crippen molar-refractivity contribution in [2.75, 3.05) is 21.1 Å². The van der Waals surface area contributed by atoms with Gasteiger partial charge in [-0.05, 0) is 25.7 Å². The third-order valence-electron chi connectivity index (χ3n) is 7.22. The molecule has 0 N–H and O–H groups in total. The van der Waals surface area contributed by atoms with Gasteiger partial charge in [0.25, 0.3) is 0 Å². The lowest BCUT2D eigenvalue weighted by molar-refractivity contribution is -0.908. The lowest BCUT2D eigenvalue weighted by Crippen LogP contribution is -2.53. The van der Waals surface area contributed by atoms with Gasteiger partial charge < -0.3 is 4.48 Å². The number of unbranched alkanes of at least 4 members (excludes halogenated alkanes) is 16. The third kappa shape index (κ3) is 14.7. The Hall–Kier alpha value is -0.400. The maximum absolute atomic E-state index is 12.0. The van der Waals surface area contributed by atoms with Crippen LogP contribution in [0.4, 0.5) is 0 Å². The smallest absolute Gasteiger partial charge is 0.314 e. The summed E-state index contributed by atoms with van der Waals surface area (Å²) >= 11 is 0. The Bertz CT molecular complexity index is 514. The molecule has 32 heavy (non-hydrogen) atoms. The van der Waals surface area contributed by atoms with Gasteiger partial charge in [-0.15, -0.1) is 0 Å². The van der Waals surface area contributed by atoms with E-state index in [0.717, 1.165) is 12.8 Å². The largest absolute Gasteiger partial charge is 0.378 e. The van der Waals surface area contributed by atoms with E-state index in [9.17, 15) is 9.13 Å². The van der Waals surface area contributed by atoms with Crippen LogP contribution in [-0.2, 0) is 9.13 Å². The predicted octanol–water partition coefficient (Wildman–Crippen LogP) is 9.96. The van der Waals surface area contributed by atoms with Crippen LogP contribution in [0.2, 0.25) is 0 Å². The van der Waals surface area contributed by atoms with Crippen LogP contribution in [0.3, 0.4) is 0 Å². The Morgan fingerprint density at radius 2 is 0.969 bits per heavy atom. The number of nitrogens with zero attached hydrogens (tertiary/aromatic N) is 1. The summed E-state index contributed by atoms with van der Waals surface area (Å²) in [4.78, 5) is 0. The van der Waals surface area contributed by atoms with Gasteiger partial charge in [-0.3, -0.25) is 0 Å². The molecule has 0 aliphatic rings. The van der Waals surface area contributed by atoms with Gasteiger partial charge >= 0.3 is 7.68 Å². The summed E-state index contributed by atoms with van der Waals surface area (Å²) in [6.07, 6.45) is 30.1. The van der Waals surface area contributed by atoms with Gasteiger partial charge in [-0.1, -0.05) is 116 Å². The summed E-state index contributed by atoms with van der Waals surface area (Å²) in [5.41, 5.74) is 0. The van der Waals surface area contributed by atoms with Crippen molar-refractivity contribution >= 4 is 7.68 Å². The molecule has 0 heterocycles. The molecule has 1 unspecified atom stereocenters. The van der Waals surface area contributed by atoms with Crippen LogP contribution < -0.4 is 0 Å². The van der Waals surface area contributed by atoms with Crippen molar-refractivity contribution < 1.29 is 13.6 Å². The Balaban J connectivity index is 3.48. The van der Waals surface area contributed by atoms with Crippen LogP contribution in [0, 0.1) is 0 Å². The van der Waals surface area contributed by atoms with Gasteiger partial charge in [0.2, 0.25) is 5.28 Å². The molecule has 0 saturated heterocycles. The zero-order valence-electron chi connectivity index (χ0n) is 22.5. The van der Waals surface area contributed by atoms with Crippen molar-refractivity contribution in [1.82, 2.24) is 0 Å². The third-order valence-corrected chi connectivity index (χ3v) is 9.04. The highest BCUT2D eigenvalue weighted by Gasteiger charge is 2.46. The van der Waals surface area contributed by atoms with Gasteiger partial charge in [0.1, 0.15) is 0 Å². The van der Waals surface area contributed by atoms with Crippen LogP contribution in [-0.4, -0.2) is 30.9 Å². The topological polar surface area (TPSA) is 34.1 Å². The van der Waals surface area contributed by atoms with E-state index < -0.39 is 13.0 Å². The first kappa shape index (κ1) is 31.6. The average molecular weight is 471 g/mol. The molecule has 4 heteroatoms. The average Bonchev–Trinajstić information content (AvgIpc) is 2.74. The van der Waals surface area contributed by atoms with Crippen LogP contribution in [0.25, 0.3) is 0 Å². The molecule has 0 saturated carbocycles. The SMILES string of the molecule is CCCC=CCCCCCCCCCCCCCCCCCC(CC)(P(=O)=O)[N+](C)(C)C. The van der Waals surface area contributed by atoms with Crippen molar-refractivity contribution in [2.45, 2.75) is 148 Å². The summed E-state index contributed by atoms with van der Waals surface area (Å²) in [5.74, 6) is 0. The van der Waals surface area contributed by atoms with E-state index in [-0.39, 0.29) is 0 Å². The second-order valence-electron chi connectivity index (χ2n) is 10.7. The van der Waals surface area contributed by atoms with Crippen LogP contribution in [0.15, 0.2) is 12.2 Å². The van der Waals surface area contributed by atoms with Gasteiger partial charge in [0.05, 0.1) is 21.1 Å². The van der Waals surface area contributed by atoms with E-state index in [0.29, 0.717) is 10.9 Å². The zero-order chi connectivity index (χ0) is 24.1. The van der Waals surface area contributed by atoms with E-state index >= 15 is 0 Å². The summed E-state index contributed by atoms with van der Waals surface area (Å²) in [6, 6.07) is 0. The minimum absolute atomic E-state index is 0.513. The van der Waals surface area contributed by atoms with E-state index in [4.69, 9.17) is 0 Å². The molecule has 0 aromatic rings. The molecule has 3 nitrogen and oxygen atoms in total. The van der Waals surface area contributed by atoms with Crippen molar-refractivity contribution in [3.63, 3.8) is 0 Å². The Labute approximate surface area is 202 Å². The zero-order valence-corrected chi connectivity index (χ0v) is 23.4. The van der Waals surface area contributed by atoms with Crippen molar-refractivity contribution in [1.29, 1.82) is 0 Å². The fraction of sp³-hybridized carbons (Fsp3) is 0.929. The highest BCUT2D eigenvalue weighted by atomic mass is 31.1. The standard InChI is InChI=1S/C28H57NO2P/c1-6-8-9-10-11-12-13-14-15-16-17-18-19-20-21-22-23-24-25-26-27-28(7-2,32(30)31)29(3,4)5/h9-10H,6-8,11-27H2,1-5H3/q+1. The van der Waals surface area contributed by atoms with Gasteiger partial charge in [-0.25, -0.2) is 9.13 Å². The number of hydrogen-bond acceptors (Lipinski definition) is 2. The quantitative estimate of drug-likeness (QED) is 0.0644. The second-order valence-corrected chi connectivity index (χ2v) is 12.1. The van der Waals surface area contributed by atoms with Crippen LogP contribution in [0.5, 0.6) is 0 Å². The minimum atomic E-state index is -2.41. The highest BCUT2D eigenvalue weighted by Crippen LogP contribution is 2.43. The van der Waals surface area contributed by atoms with Crippen molar-refractivity contribution in [2.24, 2.45) is 0 Å². The van der Waals surface area contributed by atoms with E-state index in [1.807, 2.05) is 28.1 Å². The lowest BCUT2D eigenvalue weighted by atomic mass is 10.0. The molecule has 0 fully saturated rings. The summed E-state index contributed by atoms with van der Waals surface area (Å²) in [6.45, 7) is 4.25. The van der Waals surface area contributed by atoms with Crippen LogP contribution in [0.1, 0.15) is 142 Å². The molecule has 0 aliphatic carbocycles. The first-order valence-corrected chi connectivity index (χ1v) is 15.1.